The molecule has 1 heterocycles. The van der Waals surface area contributed by atoms with Crippen LogP contribution in [0, 0.1) is 11.3 Å². The van der Waals surface area contributed by atoms with Gasteiger partial charge in [0.15, 0.2) is 0 Å². The molecule has 0 aromatic carbocycles. The van der Waals surface area contributed by atoms with Crippen LogP contribution in [-0.2, 0) is 6.18 Å². The van der Waals surface area contributed by atoms with Crippen molar-refractivity contribution in [2.45, 2.75) is 37.9 Å². The Hall–Kier alpha value is -1.77. The molecule has 2 rings (SSSR count). The molecule has 96 valence electrons. The number of nitrogens with one attached hydrogen (secondary N) is 1. The summed E-state index contributed by atoms with van der Waals surface area (Å²) in [6, 6.07) is 3.83. The molecule has 0 amide bonds. The predicted octanol–water partition coefficient (Wildman–Crippen LogP) is 3.33. The number of halogens is 3. The van der Waals surface area contributed by atoms with Gasteiger partial charge in [-0.15, -0.1) is 0 Å². The molecule has 0 atom stereocenters. The first-order valence-electron chi connectivity index (χ1n) is 5.61. The van der Waals surface area contributed by atoms with Crippen LogP contribution in [0.2, 0.25) is 0 Å². The summed E-state index contributed by atoms with van der Waals surface area (Å²) in [4.78, 5) is 3.52. The van der Waals surface area contributed by atoms with Gasteiger partial charge in [0.25, 0.3) is 0 Å². The second kappa shape index (κ2) is 4.16. The molecule has 1 fully saturated rings. The maximum absolute atomic E-state index is 12.6. The van der Waals surface area contributed by atoms with Gasteiger partial charge in [-0.25, -0.2) is 4.98 Å². The molecule has 0 spiro atoms. The quantitative estimate of drug-likeness (QED) is 0.881. The zero-order valence-corrected chi connectivity index (χ0v) is 9.80. The average molecular weight is 255 g/mol. The summed E-state index contributed by atoms with van der Waals surface area (Å²) < 4.78 is 37.7. The first kappa shape index (κ1) is 12.7. The summed E-state index contributed by atoms with van der Waals surface area (Å²) >= 11 is 0. The molecular weight excluding hydrogens is 243 g/mol. The van der Waals surface area contributed by atoms with Crippen LogP contribution >= 0.6 is 0 Å². The lowest BCUT2D eigenvalue weighted by Gasteiger charge is -2.39. The molecule has 1 saturated carbocycles. The fourth-order valence-corrected chi connectivity index (χ4v) is 1.92. The number of nitriles is 1. The monoisotopic (exact) mass is 255 g/mol. The van der Waals surface area contributed by atoms with Gasteiger partial charge in [-0.3, -0.25) is 0 Å². The van der Waals surface area contributed by atoms with Crippen molar-refractivity contribution in [1.82, 2.24) is 4.98 Å². The first-order chi connectivity index (χ1) is 8.34. The molecule has 1 aliphatic carbocycles. The van der Waals surface area contributed by atoms with E-state index < -0.39 is 11.9 Å². The molecular formula is C12H12F3N3. The third-order valence-corrected chi connectivity index (χ3v) is 3.18. The first-order valence-corrected chi connectivity index (χ1v) is 5.61. The highest BCUT2D eigenvalue weighted by atomic mass is 19.4. The number of aromatic nitrogens is 1. The number of hydrogen-bond donors (Lipinski definition) is 1. The van der Waals surface area contributed by atoms with Crippen LogP contribution in [0.25, 0.3) is 0 Å². The third kappa shape index (κ3) is 2.40. The van der Waals surface area contributed by atoms with E-state index in [1.54, 1.807) is 0 Å². The lowest BCUT2D eigenvalue weighted by molar-refractivity contribution is -0.141. The molecule has 3 nitrogen and oxygen atoms in total. The molecule has 1 aromatic heterocycles. The lowest BCUT2D eigenvalue weighted by atomic mass is 9.78. The third-order valence-electron chi connectivity index (χ3n) is 3.18. The van der Waals surface area contributed by atoms with Gasteiger partial charge in [0.1, 0.15) is 17.6 Å². The second-order valence-corrected chi connectivity index (χ2v) is 4.74. The Kier molecular flexibility index (Phi) is 2.93. The molecule has 0 saturated heterocycles. The van der Waals surface area contributed by atoms with E-state index in [0.29, 0.717) is 0 Å². The zero-order chi connectivity index (χ0) is 13.4. The fourth-order valence-electron chi connectivity index (χ4n) is 1.92. The smallest absolute Gasteiger partial charge is 0.364 e. The summed E-state index contributed by atoms with van der Waals surface area (Å²) in [5.41, 5.74) is -1.09. The van der Waals surface area contributed by atoms with E-state index in [1.165, 1.54) is 0 Å². The van der Waals surface area contributed by atoms with Gasteiger partial charge >= 0.3 is 6.18 Å². The van der Waals surface area contributed by atoms with Crippen molar-refractivity contribution in [3.63, 3.8) is 0 Å². The molecule has 6 heteroatoms. The Morgan fingerprint density at radius 3 is 2.50 bits per heavy atom. The van der Waals surface area contributed by atoms with Gasteiger partial charge in [-0.2, -0.15) is 18.4 Å². The van der Waals surface area contributed by atoms with Gasteiger partial charge < -0.3 is 5.32 Å². The van der Waals surface area contributed by atoms with Crippen molar-refractivity contribution in [3.8, 4) is 6.07 Å². The van der Waals surface area contributed by atoms with E-state index in [-0.39, 0.29) is 16.9 Å². The number of alkyl halides is 3. The maximum Gasteiger partial charge on any atom is 0.433 e. The van der Waals surface area contributed by atoms with Crippen molar-refractivity contribution in [2.75, 3.05) is 5.32 Å². The van der Waals surface area contributed by atoms with Crippen LogP contribution in [0.3, 0.4) is 0 Å². The summed E-state index contributed by atoms with van der Waals surface area (Å²) in [6.07, 6.45) is -1.72. The predicted molar refractivity (Wildman–Crippen MR) is 59.8 cm³/mol. The number of hydrogen-bond acceptors (Lipinski definition) is 3. The summed E-state index contributed by atoms with van der Waals surface area (Å²) in [6.45, 7) is 1.92. The van der Waals surface area contributed by atoms with Crippen LogP contribution in [-0.4, -0.2) is 10.5 Å². The van der Waals surface area contributed by atoms with Crippen molar-refractivity contribution in [3.05, 3.63) is 23.4 Å². The summed E-state index contributed by atoms with van der Waals surface area (Å²) in [5, 5.41) is 11.8. The van der Waals surface area contributed by atoms with Gasteiger partial charge in [0.05, 0.1) is 5.56 Å². The SMILES string of the molecule is CC1(Nc2nc(C(F)(F)F)ccc2C#N)CCC1. The highest BCUT2D eigenvalue weighted by Gasteiger charge is 2.35. The molecule has 18 heavy (non-hydrogen) atoms. The molecule has 0 radical (unpaired) electrons. The van der Waals surface area contributed by atoms with Crippen molar-refractivity contribution < 1.29 is 13.2 Å². The van der Waals surface area contributed by atoms with Crippen LogP contribution in [0.15, 0.2) is 12.1 Å². The van der Waals surface area contributed by atoms with Gasteiger partial charge in [0, 0.05) is 5.54 Å². The van der Waals surface area contributed by atoms with Crippen LogP contribution < -0.4 is 5.32 Å². The normalized spacial score (nSPS) is 17.7. The van der Waals surface area contributed by atoms with Crippen LogP contribution in [0.4, 0.5) is 19.0 Å². The molecule has 0 aliphatic heterocycles. The minimum absolute atomic E-state index is 0.0227. The standard InChI is InChI=1S/C12H12F3N3/c1-11(5-2-6-11)18-10-8(7-16)3-4-9(17-10)12(13,14)15/h3-4H,2,5-6H2,1H3,(H,17,18). The molecule has 0 bridgehead atoms. The molecule has 0 unspecified atom stereocenters. The average Bonchev–Trinajstić information content (AvgIpc) is 2.25. The second-order valence-electron chi connectivity index (χ2n) is 4.74. The van der Waals surface area contributed by atoms with E-state index in [2.05, 4.69) is 10.3 Å². The Labute approximate surface area is 103 Å². The lowest BCUT2D eigenvalue weighted by Crippen LogP contribution is -2.42. The number of rotatable bonds is 2. The number of anilines is 1. The minimum atomic E-state index is -4.50. The Balaban J connectivity index is 2.34. The fraction of sp³-hybridized carbons (Fsp3) is 0.500. The van der Waals surface area contributed by atoms with E-state index in [0.717, 1.165) is 31.4 Å². The Morgan fingerprint density at radius 1 is 1.39 bits per heavy atom. The molecule has 1 N–H and O–H groups in total. The van der Waals surface area contributed by atoms with E-state index >= 15 is 0 Å². The molecule has 1 aliphatic rings. The van der Waals surface area contributed by atoms with Gasteiger partial charge in [0.2, 0.25) is 0 Å². The van der Waals surface area contributed by atoms with Crippen molar-refractivity contribution >= 4 is 5.82 Å². The van der Waals surface area contributed by atoms with E-state index in [1.807, 2.05) is 13.0 Å². The van der Waals surface area contributed by atoms with Gasteiger partial charge in [-0.05, 0) is 38.3 Å². The van der Waals surface area contributed by atoms with Crippen molar-refractivity contribution in [1.29, 1.82) is 5.26 Å². The van der Waals surface area contributed by atoms with Gasteiger partial charge in [-0.1, -0.05) is 0 Å². The topological polar surface area (TPSA) is 48.7 Å². The largest absolute Gasteiger partial charge is 0.433 e. The summed E-state index contributed by atoms with van der Waals surface area (Å²) in [5.74, 6) is 0.0227. The zero-order valence-electron chi connectivity index (χ0n) is 9.80. The van der Waals surface area contributed by atoms with E-state index in [4.69, 9.17) is 5.26 Å². The Morgan fingerprint density at radius 2 is 2.06 bits per heavy atom. The Bertz CT molecular complexity index is 498. The highest BCUT2D eigenvalue weighted by molar-refractivity contribution is 5.54. The summed E-state index contributed by atoms with van der Waals surface area (Å²) in [7, 11) is 0. The highest BCUT2D eigenvalue weighted by Crippen LogP contribution is 2.36. The van der Waals surface area contributed by atoms with Crippen LogP contribution in [0.1, 0.15) is 37.4 Å². The number of nitrogens with zero attached hydrogens (tertiary/aromatic N) is 2. The minimum Gasteiger partial charge on any atom is -0.364 e. The maximum atomic E-state index is 12.6. The number of pyridine rings is 1. The van der Waals surface area contributed by atoms with E-state index in [9.17, 15) is 13.2 Å². The van der Waals surface area contributed by atoms with Crippen LogP contribution in [0.5, 0.6) is 0 Å². The molecule has 1 aromatic rings. The van der Waals surface area contributed by atoms with Crippen molar-refractivity contribution in [2.24, 2.45) is 0 Å².